The van der Waals surface area contributed by atoms with E-state index in [0.717, 1.165) is 31.2 Å². The molecule has 4 nitrogen and oxygen atoms in total. The zero-order chi connectivity index (χ0) is 11.4. The summed E-state index contributed by atoms with van der Waals surface area (Å²) in [5.74, 6) is 0.745. The van der Waals surface area contributed by atoms with Crippen LogP contribution in [0.3, 0.4) is 0 Å². The van der Waals surface area contributed by atoms with Crippen molar-refractivity contribution in [1.29, 1.82) is 0 Å². The van der Waals surface area contributed by atoms with Crippen molar-refractivity contribution in [2.45, 2.75) is 6.10 Å². The first-order valence-electron chi connectivity index (χ1n) is 5.65. The van der Waals surface area contributed by atoms with E-state index in [4.69, 9.17) is 10.6 Å². The first kappa shape index (κ1) is 11.4. The minimum absolute atomic E-state index is 0.468. The molecule has 0 bridgehead atoms. The molecular weight excluding hydrogens is 202 g/mol. The molecule has 3 N–H and O–H groups in total. The molecule has 1 aromatic rings. The van der Waals surface area contributed by atoms with E-state index in [9.17, 15) is 0 Å². The summed E-state index contributed by atoms with van der Waals surface area (Å²) in [4.78, 5) is 5.46. The van der Waals surface area contributed by atoms with E-state index in [1.165, 1.54) is 0 Å². The molecule has 2 fully saturated rings. The van der Waals surface area contributed by atoms with Gasteiger partial charge in [-0.3, -0.25) is 4.84 Å². The van der Waals surface area contributed by atoms with Crippen LogP contribution < -0.4 is 11.1 Å². The maximum absolute atomic E-state index is 5.46. The molecule has 4 heteroatoms. The largest absolute Gasteiger partial charge is 0.399 e. The highest BCUT2D eigenvalue weighted by atomic mass is 16.7. The first-order valence-corrected chi connectivity index (χ1v) is 5.65. The van der Waals surface area contributed by atoms with E-state index in [2.05, 4.69) is 5.32 Å². The van der Waals surface area contributed by atoms with Gasteiger partial charge in [-0.25, -0.2) is 0 Å². The van der Waals surface area contributed by atoms with Crippen molar-refractivity contribution >= 4 is 5.69 Å². The molecule has 0 radical (unpaired) electrons. The van der Waals surface area contributed by atoms with Gasteiger partial charge in [0.15, 0.2) is 0 Å². The third kappa shape index (κ3) is 2.95. The molecule has 2 saturated heterocycles. The van der Waals surface area contributed by atoms with Crippen LogP contribution in [0.25, 0.3) is 0 Å². The van der Waals surface area contributed by atoms with Crippen LogP contribution in [0.5, 0.6) is 0 Å². The second-order valence-corrected chi connectivity index (χ2v) is 4.28. The van der Waals surface area contributed by atoms with Crippen LogP contribution in [-0.2, 0) is 4.84 Å². The van der Waals surface area contributed by atoms with Crippen molar-refractivity contribution in [1.82, 2.24) is 10.4 Å². The molecular formula is C12H19N3O. The molecule has 2 unspecified atom stereocenters. The second-order valence-electron chi connectivity index (χ2n) is 4.28. The maximum atomic E-state index is 5.46. The Balaban J connectivity index is 0.000000125. The van der Waals surface area contributed by atoms with E-state index < -0.39 is 0 Å². The second kappa shape index (κ2) is 5.30. The number of nitrogens with zero attached hydrogens (tertiary/aromatic N) is 1. The Hall–Kier alpha value is -1.10. The minimum Gasteiger partial charge on any atom is -0.399 e. The summed E-state index contributed by atoms with van der Waals surface area (Å²) < 4.78 is 0. The lowest BCUT2D eigenvalue weighted by Gasteiger charge is -2.07. The number of rotatable bonds is 0. The zero-order valence-corrected chi connectivity index (χ0v) is 9.60. The Kier molecular flexibility index (Phi) is 3.77. The summed E-state index contributed by atoms with van der Waals surface area (Å²) in [5.41, 5.74) is 6.18. The van der Waals surface area contributed by atoms with Crippen LogP contribution in [0.1, 0.15) is 0 Å². The summed E-state index contributed by atoms with van der Waals surface area (Å²) in [6.07, 6.45) is 0.468. The van der Waals surface area contributed by atoms with Crippen LogP contribution in [0.4, 0.5) is 5.69 Å². The van der Waals surface area contributed by atoms with Crippen molar-refractivity contribution in [2.75, 3.05) is 32.4 Å². The topological polar surface area (TPSA) is 50.5 Å². The molecule has 2 aliphatic rings. The SMILES string of the molecule is CN1CC2CNCC2O1.Nc1ccccc1. The molecule has 0 spiro atoms. The third-order valence-corrected chi connectivity index (χ3v) is 2.88. The van der Waals surface area contributed by atoms with Gasteiger partial charge in [0.2, 0.25) is 0 Å². The lowest BCUT2D eigenvalue weighted by Crippen LogP contribution is -2.21. The smallest absolute Gasteiger partial charge is 0.0970 e. The van der Waals surface area contributed by atoms with E-state index in [1.54, 1.807) is 0 Å². The molecule has 0 aromatic heterocycles. The molecule has 0 amide bonds. The van der Waals surface area contributed by atoms with E-state index >= 15 is 0 Å². The van der Waals surface area contributed by atoms with Crippen LogP contribution in [0.15, 0.2) is 30.3 Å². The average Bonchev–Trinajstić information content (AvgIpc) is 2.79. The summed E-state index contributed by atoms with van der Waals surface area (Å²) in [6, 6.07) is 9.49. The number of nitrogens with one attached hydrogen (secondary N) is 1. The quantitative estimate of drug-likeness (QED) is 0.634. The van der Waals surface area contributed by atoms with Crippen LogP contribution in [0.2, 0.25) is 0 Å². The highest BCUT2D eigenvalue weighted by molar-refractivity contribution is 5.35. The molecule has 88 valence electrons. The monoisotopic (exact) mass is 221 g/mol. The first-order chi connectivity index (χ1) is 7.75. The fraction of sp³-hybridized carbons (Fsp3) is 0.500. The lowest BCUT2D eigenvalue weighted by atomic mass is 10.1. The predicted octanol–water partition coefficient (Wildman–Crippen LogP) is 0.720. The Morgan fingerprint density at radius 3 is 2.62 bits per heavy atom. The number of nitrogen functional groups attached to an aromatic ring is 1. The number of nitrogens with two attached hydrogens (primary N) is 1. The van der Waals surface area contributed by atoms with Gasteiger partial charge < -0.3 is 11.1 Å². The Morgan fingerprint density at radius 1 is 1.31 bits per heavy atom. The number of para-hydroxylation sites is 1. The van der Waals surface area contributed by atoms with Gasteiger partial charge >= 0.3 is 0 Å². The molecule has 0 saturated carbocycles. The Labute approximate surface area is 96.3 Å². The number of hydroxylamine groups is 2. The van der Waals surface area contributed by atoms with Gasteiger partial charge in [-0.05, 0) is 12.1 Å². The standard InChI is InChI=1S/C6H12N2O.C6H7N/c1-8-4-5-2-7-3-6(5)9-8;7-6-4-2-1-3-5-6/h5-7H,2-4H2,1H3;1-5H,7H2. The highest BCUT2D eigenvalue weighted by Gasteiger charge is 2.35. The van der Waals surface area contributed by atoms with Crippen molar-refractivity contribution in [3.05, 3.63) is 30.3 Å². The van der Waals surface area contributed by atoms with Gasteiger partial charge in [0.1, 0.15) is 0 Å². The van der Waals surface area contributed by atoms with Crippen molar-refractivity contribution in [3.8, 4) is 0 Å². The molecule has 2 aliphatic heterocycles. The summed E-state index contributed by atoms with van der Waals surface area (Å²) >= 11 is 0. The van der Waals surface area contributed by atoms with Gasteiger partial charge in [-0.1, -0.05) is 18.2 Å². The average molecular weight is 221 g/mol. The number of benzene rings is 1. The number of fused-ring (bicyclic) bond motifs is 1. The fourth-order valence-corrected chi connectivity index (χ4v) is 2.07. The van der Waals surface area contributed by atoms with Gasteiger partial charge in [0, 0.05) is 38.3 Å². The van der Waals surface area contributed by atoms with Gasteiger partial charge in [0.25, 0.3) is 0 Å². The normalized spacial score (nSPS) is 28.3. The van der Waals surface area contributed by atoms with E-state index in [1.807, 2.05) is 42.4 Å². The van der Waals surface area contributed by atoms with Gasteiger partial charge in [-0.2, -0.15) is 5.06 Å². The van der Waals surface area contributed by atoms with Crippen LogP contribution in [-0.4, -0.2) is 37.8 Å². The van der Waals surface area contributed by atoms with Crippen molar-refractivity contribution < 1.29 is 4.84 Å². The molecule has 2 heterocycles. The summed E-state index contributed by atoms with van der Waals surface area (Å²) in [6.45, 7) is 3.27. The Bertz CT molecular complexity index is 305. The number of hydrogen-bond acceptors (Lipinski definition) is 4. The predicted molar refractivity (Wildman–Crippen MR) is 64.7 cm³/mol. The molecule has 1 aromatic carbocycles. The molecule has 0 aliphatic carbocycles. The molecule has 3 rings (SSSR count). The van der Waals surface area contributed by atoms with Crippen LogP contribution >= 0.6 is 0 Å². The summed E-state index contributed by atoms with van der Waals surface area (Å²) in [7, 11) is 2.00. The zero-order valence-electron chi connectivity index (χ0n) is 9.60. The minimum atomic E-state index is 0.468. The maximum Gasteiger partial charge on any atom is 0.0970 e. The number of anilines is 1. The van der Waals surface area contributed by atoms with Crippen LogP contribution in [0, 0.1) is 5.92 Å². The summed E-state index contributed by atoms with van der Waals surface area (Å²) in [5, 5.41) is 5.23. The van der Waals surface area contributed by atoms with Gasteiger partial charge in [-0.15, -0.1) is 0 Å². The van der Waals surface area contributed by atoms with Gasteiger partial charge in [0.05, 0.1) is 6.10 Å². The third-order valence-electron chi connectivity index (χ3n) is 2.88. The van der Waals surface area contributed by atoms with E-state index in [-0.39, 0.29) is 0 Å². The Morgan fingerprint density at radius 2 is 2.06 bits per heavy atom. The van der Waals surface area contributed by atoms with Crippen molar-refractivity contribution in [3.63, 3.8) is 0 Å². The fourth-order valence-electron chi connectivity index (χ4n) is 2.07. The molecule has 16 heavy (non-hydrogen) atoms. The van der Waals surface area contributed by atoms with E-state index in [0.29, 0.717) is 6.10 Å². The van der Waals surface area contributed by atoms with Crippen molar-refractivity contribution in [2.24, 2.45) is 5.92 Å². The molecule has 2 atom stereocenters. The lowest BCUT2D eigenvalue weighted by molar-refractivity contribution is -0.123. The number of hydrogen-bond donors (Lipinski definition) is 2. The highest BCUT2D eigenvalue weighted by Crippen LogP contribution is 2.21.